The SMILES string of the molecule is O=C(CC[C@@H]1CCCN(C(=O)c2cnsn2)C1)NCc1ccc(F)c(F)c1. The minimum absolute atomic E-state index is 0.115. The largest absolute Gasteiger partial charge is 0.352 e. The highest BCUT2D eigenvalue weighted by Crippen LogP contribution is 2.22. The average molecular weight is 394 g/mol. The van der Waals surface area contributed by atoms with Crippen LogP contribution in [0, 0.1) is 17.6 Å². The predicted molar refractivity (Wildman–Crippen MR) is 96.0 cm³/mol. The van der Waals surface area contributed by atoms with E-state index in [-0.39, 0.29) is 24.3 Å². The van der Waals surface area contributed by atoms with E-state index >= 15 is 0 Å². The maximum Gasteiger partial charge on any atom is 0.275 e. The first-order valence-corrected chi connectivity index (χ1v) is 9.53. The molecule has 9 heteroatoms. The van der Waals surface area contributed by atoms with Gasteiger partial charge in [0.05, 0.1) is 17.9 Å². The van der Waals surface area contributed by atoms with Crippen LogP contribution in [0.5, 0.6) is 0 Å². The zero-order chi connectivity index (χ0) is 19.2. The van der Waals surface area contributed by atoms with Crippen LogP contribution in [-0.4, -0.2) is 38.6 Å². The van der Waals surface area contributed by atoms with Crippen LogP contribution in [0.3, 0.4) is 0 Å². The quantitative estimate of drug-likeness (QED) is 0.818. The van der Waals surface area contributed by atoms with Crippen molar-refractivity contribution in [1.29, 1.82) is 0 Å². The van der Waals surface area contributed by atoms with Gasteiger partial charge in [-0.3, -0.25) is 9.59 Å². The van der Waals surface area contributed by atoms with Crippen LogP contribution in [0.2, 0.25) is 0 Å². The van der Waals surface area contributed by atoms with Gasteiger partial charge in [-0.15, -0.1) is 0 Å². The Balaban J connectivity index is 1.43. The highest BCUT2D eigenvalue weighted by molar-refractivity contribution is 6.99. The fraction of sp³-hybridized carbons (Fsp3) is 0.444. The highest BCUT2D eigenvalue weighted by Gasteiger charge is 2.26. The Morgan fingerprint density at radius 2 is 2.15 bits per heavy atom. The van der Waals surface area contributed by atoms with Gasteiger partial charge in [0.1, 0.15) is 0 Å². The normalized spacial score (nSPS) is 17.0. The number of carbonyl (C=O) groups is 2. The average Bonchev–Trinajstić information content (AvgIpc) is 3.21. The van der Waals surface area contributed by atoms with Gasteiger partial charge in [0.2, 0.25) is 5.91 Å². The third-order valence-electron chi connectivity index (χ3n) is 4.64. The van der Waals surface area contributed by atoms with Crippen molar-refractivity contribution in [2.45, 2.75) is 32.2 Å². The van der Waals surface area contributed by atoms with E-state index in [0.717, 1.165) is 36.7 Å². The van der Waals surface area contributed by atoms with Crippen molar-refractivity contribution in [1.82, 2.24) is 19.0 Å². The van der Waals surface area contributed by atoms with Gasteiger partial charge < -0.3 is 10.2 Å². The summed E-state index contributed by atoms with van der Waals surface area (Å²) in [4.78, 5) is 26.2. The van der Waals surface area contributed by atoms with Gasteiger partial charge in [0, 0.05) is 26.1 Å². The summed E-state index contributed by atoms with van der Waals surface area (Å²) in [5, 5.41) is 2.72. The Morgan fingerprint density at radius 1 is 1.30 bits per heavy atom. The van der Waals surface area contributed by atoms with Crippen LogP contribution in [0.15, 0.2) is 24.4 Å². The second kappa shape index (κ2) is 8.98. The molecule has 1 atom stereocenters. The number of rotatable bonds is 6. The standard InChI is InChI=1S/C18H20F2N4O2S/c19-14-5-3-13(8-15(14)20)9-21-17(25)6-4-12-2-1-7-24(11-12)18(26)16-10-22-27-23-16/h3,5,8,10,12H,1-2,4,6-7,9,11H2,(H,21,25)/t12-/m0/s1. The van der Waals surface area contributed by atoms with E-state index in [1.54, 1.807) is 4.90 Å². The van der Waals surface area contributed by atoms with E-state index in [2.05, 4.69) is 14.1 Å². The van der Waals surface area contributed by atoms with Crippen molar-refractivity contribution < 1.29 is 18.4 Å². The van der Waals surface area contributed by atoms with Crippen molar-refractivity contribution in [3.8, 4) is 0 Å². The minimum atomic E-state index is -0.927. The first-order valence-electron chi connectivity index (χ1n) is 8.80. The first kappa shape index (κ1) is 19.3. The summed E-state index contributed by atoms with van der Waals surface area (Å²) in [6.45, 7) is 1.45. The number of carbonyl (C=O) groups excluding carboxylic acids is 2. The molecular weight excluding hydrogens is 374 g/mol. The lowest BCUT2D eigenvalue weighted by Crippen LogP contribution is -2.40. The third-order valence-corrected chi connectivity index (χ3v) is 5.12. The van der Waals surface area contributed by atoms with Crippen LogP contribution >= 0.6 is 11.7 Å². The molecule has 1 aromatic heterocycles. The zero-order valence-corrected chi connectivity index (χ0v) is 15.5. The molecule has 3 rings (SSSR count). The zero-order valence-electron chi connectivity index (χ0n) is 14.7. The molecule has 144 valence electrons. The van der Waals surface area contributed by atoms with Gasteiger partial charge in [-0.05, 0) is 42.9 Å². The van der Waals surface area contributed by atoms with Gasteiger partial charge in [-0.25, -0.2) is 8.78 Å². The number of hydrogen-bond acceptors (Lipinski definition) is 5. The smallest absolute Gasteiger partial charge is 0.275 e. The topological polar surface area (TPSA) is 75.2 Å². The molecule has 2 heterocycles. The van der Waals surface area contributed by atoms with Gasteiger partial charge in [0.25, 0.3) is 5.91 Å². The summed E-state index contributed by atoms with van der Waals surface area (Å²) in [7, 11) is 0. The number of likely N-dealkylation sites (tertiary alicyclic amines) is 1. The minimum Gasteiger partial charge on any atom is -0.352 e. The molecule has 1 saturated heterocycles. The molecule has 0 bridgehead atoms. The van der Waals surface area contributed by atoms with E-state index in [4.69, 9.17) is 0 Å². The maximum absolute atomic E-state index is 13.2. The summed E-state index contributed by atoms with van der Waals surface area (Å²) in [5.41, 5.74) is 0.874. The number of aromatic nitrogens is 2. The van der Waals surface area contributed by atoms with E-state index in [1.807, 2.05) is 0 Å². The van der Waals surface area contributed by atoms with Crippen LogP contribution < -0.4 is 5.32 Å². The Bertz CT molecular complexity index is 801. The van der Waals surface area contributed by atoms with Crippen LogP contribution in [0.4, 0.5) is 8.78 Å². The molecule has 27 heavy (non-hydrogen) atoms. The summed E-state index contributed by atoms with van der Waals surface area (Å²) < 4.78 is 33.9. The summed E-state index contributed by atoms with van der Waals surface area (Å²) >= 11 is 1.01. The number of nitrogens with zero attached hydrogens (tertiary/aromatic N) is 3. The number of nitrogens with one attached hydrogen (secondary N) is 1. The number of benzene rings is 1. The van der Waals surface area contributed by atoms with Crippen LogP contribution in [0.1, 0.15) is 41.7 Å². The van der Waals surface area contributed by atoms with Gasteiger partial charge in [0.15, 0.2) is 17.3 Å². The highest BCUT2D eigenvalue weighted by atomic mass is 32.1. The van der Waals surface area contributed by atoms with Crippen LogP contribution in [0.25, 0.3) is 0 Å². The number of amides is 2. The summed E-state index contributed by atoms with van der Waals surface area (Å²) in [6.07, 6.45) is 4.33. The molecule has 0 unspecified atom stereocenters. The fourth-order valence-corrected chi connectivity index (χ4v) is 3.59. The van der Waals surface area contributed by atoms with E-state index < -0.39 is 11.6 Å². The van der Waals surface area contributed by atoms with Crippen LogP contribution in [-0.2, 0) is 11.3 Å². The molecule has 0 saturated carbocycles. The lowest BCUT2D eigenvalue weighted by molar-refractivity contribution is -0.121. The fourth-order valence-electron chi connectivity index (χ4n) is 3.18. The molecule has 1 aliphatic heterocycles. The summed E-state index contributed by atoms with van der Waals surface area (Å²) in [6, 6.07) is 3.56. The Morgan fingerprint density at radius 3 is 2.89 bits per heavy atom. The third kappa shape index (κ3) is 5.29. The molecular formula is C18H20F2N4O2S. The number of hydrogen-bond donors (Lipinski definition) is 1. The van der Waals surface area contributed by atoms with Crippen molar-refractivity contribution in [2.75, 3.05) is 13.1 Å². The molecule has 2 amide bonds. The molecule has 0 aliphatic carbocycles. The molecule has 1 fully saturated rings. The maximum atomic E-state index is 13.2. The molecule has 2 aromatic rings. The Labute approximate surface area is 159 Å². The van der Waals surface area contributed by atoms with Crippen molar-refractivity contribution in [3.05, 3.63) is 47.3 Å². The van der Waals surface area contributed by atoms with Crippen molar-refractivity contribution in [3.63, 3.8) is 0 Å². The van der Waals surface area contributed by atoms with Gasteiger partial charge in [-0.2, -0.15) is 8.75 Å². The van der Waals surface area contributed by atoms with Crippen molar-refractivity contribution >= 4 is 23.5 Å². The predicted octanol–water partition coefficient (Wildman–Crippen LogP) is 2.77. The molecule has 0 spiro atoms. The lowest BCUT2D eigenvalue weighted by Gasteiger charge is -2.32. The molecule has 1 N–H and O–H groups in total. The molecule has 0 radical (unpaired) electrons. The Kier molecular flexibility index (Phi) is 6.44. The summed E-state index contributed by atoms with van der Waals surface area (Å²) in [5.74, 6) is -1.84. The first-order chi connectivity index (χ1) is 13.0. The molecule has 1 aromatic carbocycles. The van der Waals surface area contributed by atoms with Gasteiger partial charge in [-0.1, -0.05) is 6.07 Å². The van der Waals surface area contributed by atoms with E-state index in [0.29, 0.717) is 37.2 Å². The monoisotopic (exact) mass is 394 g/mol. The molecule has 1 aliphatic rings. The van der Waals surface area contributed by atoms with E-state index in [1.165, 1.54) is 12.3 Å². The Hall–Kier alpha value is -2.42. The lowest BCUT2D eigenvalue weighted by atomic mass is 9.93. The van der Waals surface area contributed by atoms with E-state index in [9.17, 15) is 18.4 Å². The molecule has 6 nitrogen and oxygen atoms in total. The number of halogens is 2. The van der Waals surface area contributed by atoms with Crippen molar-refractivity contribution in [2.24, 2.45) is 5.92 Å². The number of piperidine rings is 1. The second-order valence-electron chi connectivity index (χ2n) is 6.62. The second-order valence-corrected chi connectivity index (χ2v) is 7.17. The van der Waals surface area contributed by atoms with Gasteiger partial charge >= 0.3 is 0 Å².